The maximum atomic E-state index is 10.2. The Morgan fingerprint density at radius 3 is 2.44 bits per heavy atom. The Morgan fingerprint density at radius 2 is 1.61 bits per heavy atom. The van der Waals surface area contributed by atoms with Gasteiger partial charge < -0.3 is 10.2 Å². The molecule has 18 heavy (non-hydrogen) atoms. The van der Waals surface area contributed by atoms with Crippen LogP contribution >= 0.6 is 0 Å². The van der Waals surface area contributed by atoms with Gasteiger partial charge in [0.15, 0.2) is 0 Å². The molecule has 3 nitrogen and oxygen atoms in total. The monoisotopic (exact) mass is 255 g/mol. The van der Waals surface area contributed by atoms with Crippen molar-refractivity contribution in [2.24, 2.45) is 5.92 Å². The van der Waals surface area contributed by atoms with Crippen LogP contribution in [0.1, 0.15) is 57.8 Å². The van der Waals surface area contributed by atoms with Gasteiger partial charge in [-0.2, -0.15) is 0 Å². The number of likely N-dealkylation sites (tertiary alicyclic amines) is 1. The van der Waals surface area contributed by atoms with Gasteiger partial charge in [-0.25, -0.2) is 0 Å². The molecular weight excluding hydrogens is 226 g/mol. The van der Waals surface area contributed by atoms with Crippen LogP contribution in [0.4, 0.5) is 0 Å². The molecule has 1 aliphatic heterocycles. The molecular formula is C15H29NO2. The molecule has 2 rings (SSSR count). The fourth-order valence-electron chi connectivity index (χ4n) is 3.56. The van der Waals surface area contributed by atoms with Crippen molar-refractivity contribution in [3.05, 3.63) is 0 Å². The summed E-state index contributed by atoms with van der Waals surface area (Å²) in [6.07, 6.45) is 10.7. The molecule has 2 fully saturated rings. The van der Waals surface area contributed by atoms with Gasteiger partial charge in [-0.1, -0.05) is 32.1 Å². The molecule has 1 aliphatic carbocycles. The van der Waals surface area contributed by atoms with Crippen LogP contribution in [-0.2, 0) is 0 Å². The first-order valence-electron chi connectivity index (χ1n) is 7.84. The van der Waals surface area contributed by atoms with Crippen LogP contribution < -0.4 is 0 Å². The zero-order chi connectivity index (χ0) is 12.8. The van der Waals surface area contributed by atoms with Crippen molar-refractivity contribution in [2.45, 2.75) is 69.9 Å². The van der Waals surface area contributed by atoms with Gasteiger partial charge in [0, 0.05) is 12.6 Å². The average Bonchev–Trinajstić information content (AvgIpc) is 2.71. The molecule has 3 heteroatoms. The van der Waals surface area contributed by atoms with Crippen LogP contribution in [0, 0.1) is 5.92 Å². The summed E-state index contributed by atoms with van der Waals surface area (Å²) < 4.78 is 0. The second-order valence-corrected chi connectivity index (χ2v) is 6.15. The van der Waals surface area contributed by atoms with Gasteiger partial charge in [-0.15, -0.1) is 0 Å². The molecule has 1 saturated heterocycles. The lowest BCUT2D eigenvalue weighted by Gasteiger charge is -2.33. The van der Waals surface area contributed by atoms with Gasteiger partial charge in [0.2, 0.25) is 0 Å². The van der Waals surface area contributed by atoms with Gasteiger partial charge in [0.05, 0.1) is 12.7 Å². The van der Waals surface area contributed by atoms with E-state index in [1.165, 1.54) is 38.5 Å². The van der Waals surface area contributed by atoms with Crippen molar-refractivity contribution in [3.63, 3.8) is 0 Å². The van der Waals surface area contributed by atoms with Crippen molar-refractivity contribution < 1.29 is 10.2 Å². The highest BCUT2D eigenvalue weighted by Gasteiger charge is 2.27. The number of aliphatic hydroxyl groups is 2. The van der Waals surface area contributed by atoms with E-state index in [1.54, 1.807) is 0 Å². The average molecular weight is 255 g/mol. The number of hydrogen-bond donors (Lipinski definition) is 2. The first kappa shape index (κ1) is 14.3. The lowest BCUT2D eigenvalue weighted by atomic mass is 9.96. The molecule has 3 unspecified atom stereocenters. The van der Waals surface area contributed by atoms with E-state index >= 15 is 0 Å². The van der Waals surface area contributed by atoms with E-state index < -0.39 is 0 Å². The predicted molar refractivity (Wildman–Crippen MR) is 73.5 cm³/mol. The van der Waals surface area contributed by atoms with Gasteiger partial charge in [-0.05, 0) is 38.1 Å². The minimum absolute atomic E-state index is 0.116. The predicted octanol–water partition coefficient (Wildman–Crippen LogP) is 2.16. The maximum absolute atomic E-state index is 10.2. The smallest absolute Gasteiger partial charge is 0.0586 e. The maximum Gasteiger partial charge on any atom is 0.0586 e. The van der Waals surface area contributed by atoms with Crippen LogP contribution in [0.2, 0.25) is 0 Å². The first-order valence-corrected chi connectivity index (χ1v) is 7.84. The minimum Gasteiger partial charge on any atom is -0.395 e. The Balaban J connectivity index is 1.91. The van der Waals surface area contributed by atoms with E-state index in [-0.39, 0.29) is 12.7 Å². The molecule has 0 radical (unpaired) electrons. The third-order valence-electron chi connectivity index (χ3n) is 4.80. The summed E-state index contributed by atoms with van der Waals surface area (Å²) in [5.74, 6) is 0.430. The number of nitrogens with zero attached hydrogens (tertiary/aromatic N) is 1. The highest BCUT2D eigenvalue weighted by molar-refractivity contribution is 4.81. The van der Waals surface area contributed by atoms with Gasteiger partial charge in [-0.3, -0.25) is 4.90 Å². The normalized spacial score (nSPS) is 36.0. The van der Waals surface area contributed by atoms with Crippen LogP contribution in [0.25, 0.3) is 0 Å². The summed E-state index contributed by atoms with van der Waals surface area (Å²) in [6, 6.07) is 0.336. The highest BCUT2D eigenvalue weighted by atomic mass is 16.3. The van der Waals surface area contributed by atoms with E-state index in [0.29, 0.717) is 12.0 Å². The molecule has 1 saturated carbocycles. The lowest BCUT2D eigenvalue weighted by molar-refractivity contribution is 0.0474. The fraction of sp³-hybridized carbons (Fsp3) is 1.00. The summed E-state index contributed by atoms with van der Waals surface area (Å²) in [5.41, 5.74) is 0. The zero-order valence-corrected chi connectivity index (χ0v) is 11.6. The molecule has 0 spiro atoms. The zero-order valence-electron chi connectivity index (χ0n) is 11.6. The van der Waals surface area contributed by atoms with Gasteiger partial charge >= 0.3 is 0 Å². The molecule has 1 heterocycles. The van der Waals surface area contributed by atoms with E-state index in [2.05, 4.69) is 4.90 Å². The van der Waals surface area contributed by atoms with E-state index in [1.807, 2.05) is 0 Å². The van der Waals surface area contributed by atoms with E-state index in [4.69, 9.17) is 0 Å². The largest absolute Gasteiger partial charge is 0.395 e. The number of hydrogen-bond acceptors (Lipinski definition) is 3. The van der Waals surface area contributed by atoms with Gasteiger partial charge in [0.25, 0.3) is 0 Å². The Morgan fingerprint density at radius 1 is 0.889 bits per heavy atom. The summed E-state index contributed by atoms with van der Waals surface area (Å²) in [7, 11) is 0. The molecule has 0 aromatic rings. The molecule has 106 valence electrons. The second-order valence-electron chi connectivity index (χ2n) is 6.15. The molecule has 0 aromatic heterocycles. The van der Waals surface area contributed by atoms with Crippen LogP contribution in [0.5, 0.6) is 0 Å². The Hall–Kier alpha value is -0.120. The first-order chi connectivity index (χ1) is 8.81. The topological polar surface area (TPSA) is 43.7 Å². The molecule has 0 aromatic carbocycles. The van der Waals surface area contributed by atoms with E-state index in [9.17, 15) is 10.2 Å². The van der Waals surface area contributed by atoms with Crippen LogP contribution in [0.15, 0.2) is 0 Å². The highest BCUT2D eigenvalue weighted by Crippen LogP contribution is 2.26. The summed E-state index contributed by atoms with van der Waals surface area (Å²) >= 11 is 0. The van der Waals surface area contributed by atoms with Gasteiger partial charge in [0.1, 0.15) is 0 Å². The fourth-order valence-corrected chi connectivity index (χ4v) is 3.56. The minimum atomic E-state index is -0.116. The number of rotatable bonds is 3. The van der Waals surface area contributed by atoms with Crippen molar-refractivity contribution in [1.29, 1.82) is 0 Å². The molecule has 2 N–H and O–H groups in total. The summed E-state index contributed by atoms with van der Waals surface area (Å²) in [6.45, 7) is 2.38. The second kappa shape index (κ2) is 7.46. The Labute approximate surface area is 111 Å². The molecule has 2 aliphatic rings. The SMILES string of the molecule is OCC1CCCCCN1CC1CCCCCC1O. The molecule has 3 atom stereocenters. The Bertz CT molecular complexity index is 235. The Kier molecular flexibility index (Phi) is 5.93. The third kappa shape index (κ3) is 3.94. The van der Waals surface area contributed by atoms with Crippen molar-refractivity contribution in [1.82, 2.24) is 4.90 Å². The molecule has 0 bridgehead atoms. The van der Waals surface area contributed by atoms with Crippen molar-refractivity contribution >= 4 is 0 Å². The summed E-state index contributed by atoms with van der Waals surface area (Å²) in [4.78, 5) is 2.45. The molecule has 0 amide bonds. The van der Waals surface area contributed by atoms with E-state index in [0.717, 1.165) is 32.4 Å². The van der Waals surface area contributed by atoms with Crippen LogP contribution in [-0.4, -0.2) is 47.0 Å². The summed E-state index contributed by atoms with van der Waals surface area (Å²) in [5, 5.41) is 19.8. The quantitative estimate of drug-likeness (QED) is 0.760. The lowest BCUT2D eigenvalue weighted by Crippen LogP contribution is -2.43. The van der Waals surface area contributed by atoms with Crippen molar-refractivity contribution in [2.75, 3.05) is 19.7 Å². The standard InChI is InChI=1S/C15H29NO2/c17-12-14-8-4-2-6-10-16(14)11-13-7-3-1-5-9-15(13)18/h13-15,17-18H,1-12H2. The van der Waals surface area contributed by atoms with Crippen LogP contribution in [0.3, 0.4) is 0 Å². The third-order valence-corrected chi connectivity index (χ3v) is 4.80. The number of aliphatic hydroxyl groups excluding tert-OH is 2. The van der Waals surface area contributed by atoms with Crippen molar-refractivity contribution in [3.8, 4) is 0 Å².